The molecule has 0 radical (unpaired) electrons. The molecule has 0 saturated carbocycles. The van der Waals surface area contributed by atoms with Gasteiger partial charge in [-0.05, 0) is 51.4 Å². The van der Waals surface area contributed by atoms with Crippen molar-refractivity contribution in [3.8, 4) is 0 Å². The molecule has 0 bridgehead atoms. The fourth-order valence-electron chi connectivity index (χ4n) is 9.56. The summed E-state index contributed by atoms with van der Waals surface area (Å²) in [7, 11) is 0. The van der Waals surface area contributed by atoms with Gasteiger partial charge >= 0.3 is 5.97 Å². The van der Waals surface area contributed by atoms with E-state index < -0.39 is 43.4 Å². The number of allylic oxidation sites excluding steroid dienone is 6. The molecule has 0 aromatic heterocycles. The van der Waals surface area contributed by atoms with Crippen molar-refractivity contribution in [3.05, 3.63) is 36.5 Å². The molecule has 0 aliphatic carbocycles. The van der Waals surface area contributed by atoms with Crippen molar-refractivity contribution in [2.24, 2.45) is 0 Å². The van der Waals surface area contributed by atoms with Crippen LogP contribution in [0.1, 0.15) is 290 Å². The van der Waals surface area contributed by atoms with Gasteiger partial charge in [-0.1, -0.05) is 269 Å². The summed E-state index contributed by atoms with van der Waals surface area (Å²) in [6.07, 6.45) is 60.6. The Morgan fingerprint density at radius 2 is 0.817 bits per heavy atom. The summed E-state index contributed by atoms with van der Waals surface area (Å²) < 4.78 is 23.0. The second-order valence-electron chi connectivity index (χ2n) is 21.2. The van der Waals surface area contributed by atoms with Gasteiger partial charge in [-0.15, -0.1) is 0 Å². The van der Waals surface area contributed by atoms with E-state index in [2.05, 4.69) is 50.3 Å². The third-order valence-electron chi connectivity index (χ3n) is 14.3. The molecule has 1 aliphatic heterocycles. The van der Waals surface area contributed by atoms with Crippen LogP contribution in [0.3, 0.4) is 0 Å². The van der Waals surface area contributed by atoms with Crippen molar-refractivity contribution in [2.45, 2.75) is 327 Å². The molecule has 1 fully saturated rings. The fourth-order valence-corrected chi connectivity index (χ4v) is 9.56. The number of unbranched alkanes of at least 4 members (excludes halogenated alkanes) is 37. The van der Waals surface area contributed by atoms with Crippen LogP contribution in [0.2, 0.25) is 0 Å². The molecule has 9 heteroatoms. The number of hydrogen-bond donors (Lipinski definition) is 4. The van der Waals surface area contributed by atoms with E-state index in [0.29, 0.717) is 13.0 Å². The normalized spacial score (nSPS) is 19.0. The summed E-state index contributed by atoms with van der Waals surface area (Å²) in [6, 6.07) is 0. The average molecular weight is 1010 g/mol. The summed E-state index contributed by atoms with van der Waals surface area (Å²) in [5, 5.41) is 40.4. The Hall–Kier alpha value is -1.59. The lowest BCUT2D eigenvalue weighted by Crippen LogP contribution is -2.59. The first kappa shape index (κ1) is 67.4. The highest BCUT2D eigenvalue weighted by Gasteiger charge is 2.44. The Morgan fingerprint density at radius 3 is 1.23 bits per heavy atom. The molecule has 6 atom stereocenters. The Kier molecular flexibility index (Phi) is 50.6. The Labute approximate surface area is 438 Å². The maximum Gasteiger partial charge on any atom is 0.306 e. The maximum atomic E-state index is 12.9. The zero-order valence-electron chi connectivity index (χ0n) is 46.5. The van der Waals surface area contributed by atoms with Crippen LogP contribution in [0.5, 0.6) is 0 Å². The first-order valence-corrected chi connectivity index (χ1v) is 30.6. The first-order chi connectivity index (χ1) is 34.9. The highest BCUT2D eigenvalue weighted by Crippen LogP contribution is 2.23. The summed E-state index contributed by atoms with van der Waals surface area (Å²) in [5.41, 5.74) is 0. The quantitative estimate of drug-likeness (QED) is 0.0267. The highest BCUT2D eigenvalue weighted by molar-refractivity contribution is 5.69. The predicted molar refractivity (Wildman–Crippen MR) is 298 cm³/mol. The number of aliphatic hydroxyl groups is 4. The van der Waals surface area contributed by atoms with Gasteiger partial charge in [-0.25, -0.2) is 0 Å². The molecule has 1 heterocycles. The van der Waals surface area contributed by atoms with Crippen LogP contribution in [0.25, 0.3) is 0 Å². The van der Waals surface area contributed by atoms with Gasteiger partial charge in [0, 0.05) is 13.0 Å². The van der Waals surface area contributed by atoms with Crippen LogP contribution >= 0.6 is 0 Å². The van der Waals surface area contributed by atoms with E-state index in [1.165, 1.54) is 218 Å². The molecule has 71 heavy (non-hydrogen) atoms. The highest BCUT2D eigenvalue weighted by atomic mass is 16.7. The summed E-state index contributed by atoms with van der Waals surface area (Å²) in [6.45, 7) is 4.60. The summed E-state index contributed by atoms with van der Waals surface area (Å²) in [4.78, 5) is 12.9. The van der Waals surface area contributed by atoms with Crippen LogP contribution in [0.15, 0.2) is 36.5 Å². The zero-order chi connectivity index (χ0) is 51.3. The smallest absolute Gasteiger partial charge is 0.306 e. The van der Waals surface area contributed by atoms with Crippen LogP contribution in [-0.4, -0.2) is 89.6 Å². The number of carbonyl (C=O) groups is 1. The molecule has 0 aromatic rings. The number of ether oxygens (including phenoxy) is 4. The third-order valence-corrected chi connectivity index (χ3v) is 14.3. The lowest BCUT2D eigenvalue weighted by Gasteiger charge is -2.39. The molecule has 6 unspecified atom stereocenters. The van der Waals surface area contributed by atoms with Gasteiger partial charge < -0.3 is 39.4 Å². The number of carbonyl (C=O) groups excluding carboxylic acids is 1. The van der Waals surface area contributed by atoms with E-state index in [-0.39, 0.29) is 19.2 Å². The molecule has 0 aromatic carbocycles. The Bertz CT molecular complexity index is 1190. The third kappa shape index (κ3) is 43.4. The van der Waals surface area contributed by atoms with E-state index in [0.717, 1.165) is 51.4 Å². The van der Waals surface area contributed by atoms with Crippen LogP contribution in [0, 0.1) is 0 Å². The first-order valence-electron chi connectivity index (χ1n) is 30.6. The standard InChI is InChI=1S/C62H116O9/c1-3-5-7-9-11-13-15-17-19-21-23-25-27-28-30-32-34-36-38-40-42-44-46-48-50-52-68-54-56(55-69-62-61(67)60(66)59(65)57(53-63)71-62)70-58(64)51-49-47-45-43-41-39-37-35-33-31-29-26-24-22-20-18-16-14-12-10-8-6-4-2/h16,18,22,24,29,31,56-57,59-63,65-67H,3-15,17,19-21,23,25-28,30,32-55H2,1-2H3/b18-16-,24-22-,31-29-. The second kappa shape index (κ2) is 53.2. The number of esters is 1. The lowest BCUT2D eigenvalue weighted by molar-refractivity contribution is -0.305. The Morgan fingerprint density at radius 1 is 0.451 bits per heavy atom. The number of aliphatic hydroxyl groups excluding tert-OH is 4. The molecule has 418 valence electrons. The topological polar surface area (TPSA) is 135 Å². The van der Waals surface area contributed by atoms with Crippen LogP contribution < -0.4 is 0 Å². The van der Waals surface area contributed by atoms with Crippen molar-refractivity contribution in [1.82, 2.24) is 0 Å². The minimum atomic E-state index is -1.54. The largest absolute Gasteiger partial charge is 0.457 e. The Balaban J connectivity index is 2.13. The predicted octanol–water partition coefficient (Wildman–Crippen LogP) is 16.2. The zero-order valence-corrected chi connectivity index (χ0v) is 46.5. The van der Waals surface area contributed by atoms with Gasteiger partial charge in [0.05, 0.1) is 19.8 Å². The summed E-state index contributed by atoms with van der Waals surface area (Å²) >= 11 is 0. The molecule has 4 N–H and O–H groups in total. The average Bonchev–Trinajstić information content (AvgIpc) is 3.37. The van der Waals surface area contributed by atoms with Crippen molar-refractivity contribution in [1.29, 1.82) is 0 Å². The van der Waals surface area contributed by atoms with Crippen molar-refractivity contribution < 1.29 is 44.2 Å². The van der Waals surface area contributed by atoms with E-state index in [9.17, 15) is 25.2 Å². The monoisotopic (exact) mass is 1000 g/mol. The van der Waals surface area contributed by atoms with Crippen molar-refractivity contribution in [2.75, 3.05) is 26.4 Å². The van der Waals surface area contributed by atoms with E-state index in [4.69, 9.17) is 18.9 Å². The molecular weight excluding hydrogens is 889 g/mol. The number of hydrogen-bond acceptors (Lipinski definition) is 9. The maximum absolute atomic E-state index is 12.9. The number of rotatable bonds is 54. The van der Waals surface area contributed by atoms with Gasteiger partial charge in [-0.3, -0.25) is 4.79 Å². The second-order valence-corrected chi connectivity index (χ2v) is 21.2. The molecule has 0 spiro atoms. The van der Waals surface area contributed by atoms with Crippen molar-refractivity contribution in [3.63, 3.8) is 0 Å². The van der Waals surface area contributed by atoms with E-state index >= 15 is 0 Å². The molecule has 9 nitrogen and oxygen atoms in total. The van der Waals surface area contributed by atoms with Crippen LogP contribution in [0.4, 0.5) is 0 Å². The van der Waals surface area contributed by atoms with Gasteiger partial charge in [-0.2, -0.15) is 0 Å². The summed E-state index contributed by atoms with van der Waals surface area (Å²) in [5.74, 6) is -0.315. The SMILES string of the molecule is CCCCCCC/C=C\C/C=C\C/C=C\CCCCCCCCCCC(=O)OC(COCCCCCCCCCCCCCCCCCCCCCCCCCCC)COC1OC(CO)C(O)C(O)C1O. The molecule has 1 saturated heterocycles. The molecule has 1 rings (SSSR count). The van der Waals surface area contributed by atoms with Crippen LogP contribution in [-0.2, 0) is 23.7 Å². The molecule has 1 aliphatic rings. The van der Waals surface area contributed by atoms with E-state index in [1.807, 2.05) is 0 Å². The minimum Gasteiger partial charge on any atom is -0.457 e. The van der Waals surface area contributed by atoms with Gasteiger partial charge in [0.2, 0.25) is 0 Å². The lowest BCUT2D eigenvalue weighted by atomic mass is 9.99. The van der Waals surface area contributed by atoms with Crippen molar-refractivity contribution >= 4 is 5.97 Å². The van der Waals surface area contributed by atoms with Gasteiger partial charge in [0.25, 0.3) is 0 Å². The molecule has 0 amide bonds. The van der Waals surface area contributed by atoms with Gasteiger partial charge in [0.1, 0.15) is 30.5 Å². The fraction of sp³-hybridized carbons (Fsp3) is 0.887. The molecular formula is C62H116O9. The minimum absolute atomic E-state index is 0.113. The van der Waals surface area contributed by atoms with E-state index in [1.54, 1.807) is 0 Å². The van der Waals surface area contributed by atoms with Gasteiger partial charge in [0.15, 0.2) is 6.29 Å².